The van der Waals surface area contributed by atoms with Gasteiger partial charge in [-0.15, -0.1) is 0 Å². The fraction of sp³-hybridized carbons (Fsp3) is 0.310. The lowest BCUT2D eigenvalue weighted by Gasteiger charge is -2.29. The van der Waals surface area contributed by atoms with Gasteiger partial charge >= 0.3 is 12.1 Å². The Morgan fingerprint density at radius 3 is 2.32 bits per heavy atom. The van der Waals surface area contributed by atoms with Crippen molar-refractivity contribution >= 4 is 23.7 Å². The third-order valence-electron chi connectivity index (χ3n) is 5.36. The summed E-state index contributed by atoms with van der Waals surface area (Å²) in [5, 5.41) is 11.3. The van der Waals surface area contributed by atoms with Crippen LogP contribution in [0.4, 0.5) is 4.79 Å². The summed E-state index contributed by atoms with van der Waals surface area (Å²) >= 11 is 6.06. The number of hydrogen-bond acceptors (Lipinski definition) is 6. The first-order chi connectivity index (χ1) is 17.5. The van der Waals surface area contributed by atoms with Gasteiger partial charge in [-0.3, -0.25) is 0 Å². The maximum atomic E-state index is 12.9. The van der Waals surface area contributed by atoms with E-state index in [-0.39, 0.29) is 6.54 Å². The summed E-state index contributed by atoms with van der Waals surface area (Å²) < 4.78 is 16.2. The van der Waals surface area contributed by atoms with Crippen molar-refractivity contribution in [3.63, 3.8) is 0 Å². The van der Waals surface area contributed by atoms with Gasteiger partial charge in [0, 0.05) is 11.6 Å². The summed E-state index contributed by atoms with van der Waals surface area (Å²) in [5.41, 5.74) is 1.33. The average Bonchev–Trinajstić information content (AvgIpc) is 2.86. The molecule has 37 heavy (non-hydrogen) atoms. The van der Waals surface area contributed by atoms with Crippen LogP contribution in [0.15, 0.2) is 72.8 Å². The van der Waals surface area contributed by atoms with Crippen molar-refractivity contribution in [2.24, 2.45) is 0 Å². The van der Waals surface area contributed by atoms with Gasteiger partial charge in [0.15, 0.2) is 0 Å². The minimum Gasteiger partial charge on any atom is -0.465 e. The van der Waals surface area contributed by atoms with E-state index >= 15 is 0 Å². The van der Waals surface area contributed by atoms with E-state index in [0.29, 0.717) is 40.6 Å². The van der Waals surface area contributed by atoms with Crippen LogP contribution in [0.2, 0.25) is 5.02 Å². The Kier molecular flexibility index (Phi) is 9.55. The van der Waals surface area contributed by atoms with E-state index in [0.717, 1.165) is 5.56 Å². The largest absolute Gasteiger partial charge is 0.465 e. The van der Waals surface area contributed by atoms with Crippen molar-refractivity contribution in [3.05, 3.63) is 94.5 Å². The molecule has 7 nitrogen and oxygen atoms in total. The molecule has 3 aromatic carbocycles. The first-order valence-electron chi connectivity index (χ1n) is 11.9. The summed E-state index contributed by atoms with van der Waals surface area (Å²) in [6, 6.07) is 21.1. The van der Waals surface area contributed by atoms with Gasteiger partial charge < -0.3 is 24.2 Å². The van der Waals surface area contributed by atoms with Gasteiger partial charge in [-0.05, 0) is 80.8 Å². The van der Waals surface area contributed by atoms with Crippen molar-refractivity contribution < 1.29 is 28.9 Å². The van der Waals surface area contributed by atoms with Crippen LogP contribution in [0.3, 0.4) is 0 Å². The Morgan fingerprint density at radius 2 is 1.68 bits per heavy atom. The van der Waals surface area contributed by atoms with Gasteiger partial charge in [0.25, 0.3) is 0 Å². The lowest BCUT2D eigenvalue weighted by atomic mass is 10.1. The van der Waals surface area contributed by atoms with Crippen LogP contribution < -0.4 is 4.74 Å². The van der Waals surface area contributed by atoms with Gasteiger partial charge in [0.2, 0.25) is 0 Å². The standard InChI is InChI=1S/C29H32ClNO6/c1-29(2,3)37-28(34)31(19-26(32)21-7-5-9-23(30)17-21)16-15-20-11-13-24(14-12-20)36-25-10-6-8-22(18-25)27(33)35-4/h5-14,17-18,26,32H,15-16,19H2,1-4H3/t26-/m0/s1. The average molecular weight is 526 g/mol. The number of halogens is 1. The van der Waals surface area contributed by atoms with E-state index in [1.165, 1.54) is 12.0 Å². The van der Waals surface area contributed by atoms with Crippen LogP contribution in [0, 0.1) is 0 Å². The summed E-state index contributed by atoms with van der Waals surface area (Å²) in [4.78, 5) is 26.1. The molecule has 0 aliphatic carbocycles. The number of ether oxygens (including phenoxy) is 3. The number of rotatable bonds is 9. The molecule has 1 N–H and O–H groups in total. The molecule has 1 amide bonds. The highest BCUT2D eigenvalue weighted by atomic mass is 35.5. The summed E-state index contributed by atoms with van der Waals surface area (Å²) in [6.07, 6.45) is -0.874. The molecule has 0 spiro atoms. The van der Waals surface area contributed by atoms with Crippen molar-refractivity contribution in [2.45, 2.75) is 38.9 Å². The molecule has 3 rings (SSSR count). The quantitative estimate of drug-likeness (QED) is 0.324. The second kappa shape index (κ2) is 12.6. The van der Waals surface area contributed by atoms with E-state index in [4.69, 9.17) is 25.8 Å². The highest BCUT2D eigenvalue weighted by Gasteiger charge is 2.24. The molecule has 0 aliphatic heterocycles. The molecule has 196 valence electrons. The van der Waals surface area contributed by atoms with Gasteiger partial charge in [0.05, 0.1) is 25.3 Å². The van der Waals surface area contributed by atoms with Crippen LogP contribution >= 0.6 is 11.6 Å². The number of methoxy groups -OCH3 is 1. The molecule has 0 fully saturated rings. The van der Waals surface area contributed by atoms with Crippen LogP contribution in [0.5, 0.6) is 11.5 Å². The molecule has 0 aromatic heterocycles. The third-order valence-corrected chi connectivity index (χ3v) is 5.60. The number of carbonyl (C=O) groups is 2. The molecular formula is C29H32ClNO6. The lowest BCUT2D eigenvalue weighted by molar-refractivity contribution is 0.0147. The number of amides is 1. The molecule has 8 heteroatoms. The summed E-state index contributed by atoms with van der Waals surface area (Å²) in [5.74, 6) is 0.684. The topological polar surface area (TPSA) is 85.3 Å². The van der Waals surface area contributed by atoms with E-state index < -0.39 is 23.8 Å². The molecule has 0 bridgehead atoms. The van der Waals surface area contributed by atoms with Crippen LogP contribution in [0.1, 0.15) is 48.4 Å². The van der Waals surface area contributed by atoms with Gasteiger partial charge in [-0.1, -0.05) is 41.9 Å². The predicted octanol–water partition coefficient (Wildman–Crippen LogP) is 6.43. The molecule has 0 aliphatic rings. The minimum absolute atomic E-state index is 0.0625. The first kappa shape index (κ1) is 28.0. The van der Waals surface area contributed by atoms with Crippen LogP contribution in [-0.2, 0) is 15.9 Å². The highest BCUT2D eigenvalue weighted by Crippen LogP contribution is 2.24. The Hall–Kier alpha value is -3.55. The van der Waals surface area contributed by atoms with Crippen LogP contribution in [-0.4, -0.2) is 47.9 Å². The Bertz CT molecular complexity index is 1210. The molecular weight excluding hydrogens is 494 g/mol. The Labute approximate surface area is 222 Å². The van der Waals surface area contributed by atoms with Crippen molar-refractivity contribution in [1.82, 2.24) is 4.90 Å². The van der Waals surface area contributed by atoms with E-state index in [1.807, 2.05) is 24.3 Å². The normalized spacial score (nSPS) is 11.9. The van der Waals surface area contributed by atoms with Crippen molar-refractivity contribution in [2.75, 3.05) is 20.2 Å². The maximum absolute atomic E-state index is 12.9. The smallest absolute Gasteiger partial charge is 0.410 e. The molecule has 0 saturated heterocycles. The highest BCUT2D eigenvalue weighted by molar-refractivity contribution is 6.30. The number of carbonyl (C=O) groups excluding carboxylic acids is 2. The Morgan fingerprint density at radius 1 is 0.973 bits per heavy atom. The molecule has 0 heterocycles. The lowest BCUT2D eigenvalue weighted by Crippen LogP contribution is -2.40. The fourth-order valence-corrected chi connectivity index (χ4v) is 3.74. The predicted molar refractivity (Wildman–Crippen MR) is 142 cm³/mol. The minimum atomic E-state index is -0.914. The Balaban J connectivity index is 1.66. The summed E-state index contributed by atoms with van der Waals surface area (Å²) in [6.45, 7) is 5.81. The molecule has 0 radical (unpaired) electrons. The third kappa shape index (κ3) is 8.81. The number of esters is 1. The number of nitrogens with zero attached hydrogens (tertiary/aromatic N) is 1. The number of aliphatic hydroxyl groups excluding tert-OH is 1. The van der Waals surface area contributed by atoms with E-state index in [1.54, 1.807) is 69.3 Å². The van der Waals surface area contributed by atoms with E-state index in [9.17, 15) is 14.7 Å². The van der Waals surface area contributed by atoms with Crippen molar-refractivity contribution in [3.8, 4) is 11.5 Å². The van der Waals surface area contributed by atoms with Gasteiger partial charge in [0.1, 0.15) is 17.1 Å². The second-order valence-corrected chi connectivity index (χ2v) is 9.95. The molecule has 1 atom stereocenters. The number of benzene rings is 3. The van der Waals surface area contributed by atoms with Gasteiger partial charge in [-0.25, -0.2) is 9.59 Å². The fourth-order valence-electron chi connectivity index (χ4n) is 3.54. The van der Waals surface area contributed by atoms with Crippen LogP contribution in [0.25, 0.3) is 0 Å². The molecule has 0 saturated carbocycles. The van der Waals surface area contributed by atoms with E-state index in [2.05, 4.69) is 0 Å². The maximum Gasteiger partial charge on any atom is 0.410 e. The summed E-state index contributed by atoms with van der Waals surface area (Å²) in [7, 11) is 1.33. The van der Waals surface area contributed by atoms with Gasteiger partial charge in [-0.2, -0.15) is 0 Å². The zero-order valence-corrected chi connectivity index (χ0v) is 22.2. The first-order valence-corrected chi connectivity index (χ1v) is 12.3. The number of aliphatic hydroxyl groups is 1. The molecule has 0 unspecified atom stereocenters. The second-order valence-electron chi connectivity index (χ2n) is 9.51. The zero-order valence-electron chi connectivity index (χ0n) is 21.4. The zero-order chi connectivity index (χ0) is 27.0. The SMILES string of the molecule is COC(=O)c1cccc(Oc2ccc(CCN(C[C@H](O)c3cccc(Cl)c3)C(=O)OC(C)(C)C)cc2)c1. The molecule has 3 aromatic rings. The number of hydrogen-bond donors (Lipinski definition) is 1. The van der Waals surface area contributed by atoms with Crippen molar-refractivity contribution in [1.29, 1.82) is 0 Å². The monoisotopic (exact) mass is 525 g/mol.